The largest absolute Gasteiger partial charge is 0.493 e. The number of benzene rings is 1. The highest BCUT2D eigenvalue weighted by Crippen LogP contribution is 2.55. The minimum Gasteiger partial charge on any atom is -0.493 e. The lowest BCUT2D eigenvalue weighted by molar-refractivity contribution is -0.149. The molecule has 2 heterocycles. The van der Waals surface area contributed by atoms with Gasteiger partial charge < -0.3 is 23.8 Å². The number of hydrogen-bond donors (Lipinski definition) is 0. The van der Waals surface area contributed by atoms with Crippen molar-refractivity contribution in [1.29, 1.82) is 0 Å². The van der Waals surface area contributed by atoms with E-state index in [4.69, 9.17) is 18.9 Å². The molecule has 1 aromatic rings. The minimum absolute atomic E-state index is 0.0562. The van der Waals surface area contributed by atoms with E-state index in [-0.39, 0.29) is 30.0 Å². The van der Waals surface area contributed by atoms with E-state index >= 15 is 0 Å². The second-order valence-corrected chi connectivity index (χ2v) is 7.63. The van der Waals surface area contributed by atoms with E-state index in [0.29, 0.717) is 13.0 Å². The standard InChI is InChI=1S/C21H27NO5/c1-22-10-9-21-8-6-15(26-18(23)7-11-24-2)12-17(21)27-20-16(25-3)5-4-14(13-22)19(20)21/h4-6,8,15,17H,7,9-13H2,1-3H3/t15?,17-,21-/m0/s1. The van der Waals surface area contributed by atoms with Crippen molar-refractivity contribution in [2.75, 3.05) is 34.4 Å². The summed E-state index contributed by atoms with van der Waals surface area (Å²) in [7, 11) is 5.40. The molecular weight excluding hydrogens is 346 g/mol. The molecule has 0 amide bonds. The molecule has 1 spiro atoms. The molecule has 6 heteroatoms. The molecule has 27 heavy (non-hydrogen) atoms. The molecule has 0 fully saturated rings. The fourth-order valence-corrected chi connectivity index (χ4v) is 4.57. The van der Waals surface area contributed by atoms with Crippen LogP contribution < -0.4 is 9.47 Å². The molecule has 0 bridgehead atoms. The van der Waals surface area contributed by atoms with E-state index in [2.05, 4.69) is 24.1 Å². The molecule has 0 radical (unpaired) electrons. The lowest BCUT2D eigenvalue weighted by atomic mass is 9.69. The number of carbonyl (C=O) groups excluding carboxylic acids is 1. The Morgan fingerprint density at radius 1 is 1.37 bits per heavy atom. The summed E-state index contributed by atoms with van der Waals surface area (Å²) < 4.78 is 22.6. The van der Waals surface area contributed by atoms with Crippen molar-refractivity contribution >= 4 is 5.97 Å². The first-order valence-corrected chi connectivity index (χ1v) is 9.50. The number of rotatable bonds is 5. The van der Waals surface area contributed by atoms with Gasteiger partial charge in [-0.15, -0.1) is 0 Å². The molecule has 4 rings (SSSR count). The highest BCUT2D eigenvalue weighted by molar-refractivity contribution is 5.70. The number of carbonyl (C=O) groups is 1. The van der Waals surface area contributed by atoms with Gasteiger partial charge in [0.15, 0.2) is 11.5 Å². The average molecular weight is 373 g/mol. The Labute approximate surface area is 160 Å². The fraction of sp³-hybridized carbons (Fsp3) is 0.571. The van der Waals surface area contributed by atoms with E-state index in [9.17, 15) is 4.79 Å². The molecule has 1 unspecified atom stereocenters. The van der Waals surface area contributed by atoms with Crippen molar-refractivity contribution in [2.24, 2.45) is 0 Å². The van der Waals surface area contributed by atoms with E-state index in [1.807, 2.05) is 12.1 Å². The maximum Gasteiger partial charge on any atom is 0.308 e. The van der Waals surface area contributed by atoms with Gasteiger partial charge in [-0.3, -0.25) is 4.79 Å². The van der Waals surface area contributed by atoms with E-state index < -0.39 is 0 Å². The first-order valence-electron chi connectivity index (χ1n) is 9.50. The van der Waals surface area contributed by atoms with Gasteiger partial charge >= 0.3 is 5.97 Å². The van der Waals surface area contributed by atoms with Crippen molar-refractivity contribution in [3.8, 4) is 11.5 Å². The third-order valence-electron chi connectivity index (χ3n) is 5.92. The van der Waals surface area contributed by atoms with Crippen LogP contribution in [0, 0.1) is 0 Å². The van der Waals surface area contributed by atoms with Gasteiger partial charge in [-0.05, 0) is 37.7 Å². The van der Waals surface area contributed by atoms with Crippen molar-refractivity contribution in [1.82, 2.24) is 4.90 Å². The second-order valence-electron chi connectivity index (χ2n) is 7.63. The van der Waals surface area contributed by atoms with Crippen molar-refractivity contribution in [3.05, 3.63) is 35.4 Å². The summed E-state index contributed by atoms with van der Waals surface area (Å²) in [6, 6.07) is 4.14. The summed E-state index contributed by atoms with van der Waals surface area (Å²) in [4.78, 5) is 14.3. The van der Waals surface area contributed by atoms with Crippen molar-refractivity contribution in [3.63, 3.8) is 0 Å². The van der Waals surface area contributed by atoms with Gasteiger partial charge in [0.25, 0.3) is 0 Å². The monoisotopic (exact) mass is 373 g/mol. The van der Waals surface area contributed by atoms with Crippen LogP contribution in [-0.4, -0.2) is 57.5 Å². The molecule has 1 aromatic carbocycles. The zero-order valence-corrected chi connectivity index (χ0v) is 16.2. The molecule has 1 aliphatic carbocycles. The van der Waals surface area contributed by atoms with Gasteiger partial charge in [-0.1, -0.05) is 12.1 Å². The van der Waals surface area contributed by atoms with Gasteiger partial charge in [0, 0.05) is 25.6 Å². The quantitative estimate of drug-likeness (QED) is 0.584. The lowest BCUT2D eigenvalue weighted by Crippen LogP contribution is -2.43. The van der Waals surface area contributed by atoms with Crippen molar-refractivity contribution in [2.45, 2.75) is 43.4 Å². The Bertz CT molecular complexity index is 761. The van der Waals surface area contributed by atoms with Gasteiger partial charge in [-0.2, -0.15) is 0 Å². The Hall–Kier alpha value is -2.05. The van der Waals surface area contributed by atoms with Gasteiger partial charge in [0.2, 0.25) is 0 Å². The summed E-state index contributed by atoms with van der Waals surface area (Å²) in [5, 5.41) is 0. The third kappa shape index (κ3) is 3.11. The van der Waals surface area contributed by atoms with Crippen LogP contribution in [0.1, 0.15) is 30.4 Å². The van der Waals surface area contributed by atoms with E-state index in [1.54, 1.807) is 14.2 Å². The molecule has 3 aliphatic rings. The van der Waals surface area contributed by atoms with Crippen molar-refractivity contribution < 1.29 is 23.7 Å². The number of ether oxygens (including phenoxy) is 4. The second kappa shape index (κ2) is 7.17. The zero-order chi connectivity index (χ0) is 19.0. The van der Waals surface area contributed by atoms with Crippen LogP contribution in [0.2, 0.25) is 0 Å². The fourth-order valence-electron chi connectivity index (χ4n) is 4.57. The van der Waals surface area contributed by atoms with Crippen LogP contribution >= 0.6 is 0 Å². The maximum atomic E-state index is 12.0. The molecule has 6 nitrogen and oxygen atoms in total. The minimum atomic E-state index is -0.269. The molecule has 0 saturated carbocycles. The average Bonchev–Trinajstić information content (AvgIpc) is 2.92. The number of nitrogens with zero attached hydrogens (tertiary/aromatic N) is 1. The topological polar surface area (TPSA) is 57.2 Å². The summed E-state index contributed by atoms with van der Waals surface area (Å²) in [6.07, 6.45) is 5.81. The molecule has 0 N–H and O–H groups in total. The smallest absolute Gasteiger partial charge is 0.308 e. The van der Waals surface area contributed by atoms with Gasteiger partial charge in [-0.25, -0.2) is 0 Å². The highest BCUT2D eigenvalue weighted by atomic mass is 16.6. The van der Waals surface area contributed by atoms with E-state index in [0.717, 1.165) is 31.0 Å². The predicted octanol–water partition coefficient (Wildman–Crippen LogP) is 2.44. The number of hydrogen-bond acceptors (Lipinski definition) is 6. The van der Waals surface area contributed by atoms with Crippen LogP contribution in [0.3, 0.4) is 0 Å². The lowest BCUT2D eigenvalue weighted by Gasteiger charge is -2.36. The van der Waals surface area contributed by atoms with Crippen LogP contribution in [0.4, 0.5) is 0 Å². The molecule has 0 saturated heterocycles. The molecule has 0 aromatic heterocycles. The van der Waals surface area contributed by atoms with Crippen LogP contribution in [0.25, 0.3) is 0 Å². The van der Waals surface area contributed by atoms with Crippen LogP contribution in [0.5, 0.6) is 11.5 Å². The first-order chi connectivity index (χ1) is 13.1. The Kier molecular flexibility index (Phi) is 4.86. The summed E-state index contributed by atoms with van der Waals surface area (Å²) in [5.41, 5.74) is 2.35. The molecule has 3 atom stereocenters. The first kappa shape index (κ1) is 18.3. The van der Waals surface area contributed by atoms with Crippen LogP contribution in [-0.2, 0) is 26.2 Å². The molecule has 2 aliphatic heterocycles. The maximum absolute atomic E-state index is 12.0. The van der Waals surface area contributed by atoms with Crippen LogP contribution in [0.15, 0.2) is 24.3 Å². The number of methoxy groups -OCH3 is 2. The summed E-state index contributed by atoms with van der Waals surface area (Å²) in [6.45, 7) is 2.25. The highest BCUT2D eigenvalue weighted by Gasteiger charge is 2.53. The molecule has 146 valence electrons. The SMILES string of the molecule is COCCC(=O)OC1C=C[C@@]23CCN(C)Cc4ccc(OC)c(c42)O[C@H]3C1. The Morgan fingerprint density at radius 3 is 3.00 bits per heavy atom. The predicted molar refractivity (Wildman–Crippen MR) is 100 cm³/mol. The summed E-state index contributed by atoms with van der Waals surface area (Å²) in [5.74, 6) is 1.39. The Balaban J connectivity index is 1.66. The third-order valence-corrected chi connectivity index (χ3v) is 5.92. The van der Waals surface area contributed by atoms with E-state index in [1.165, 1.54) is 11.1 Å². The Morgan fingerprint density at radius 2 is 2.22 bits per heavy atom. The van der Waals surface area contributed by atoms with Gasteiger partial charge in [0.05, 0.1) is 25.6 Å². The zero-order valence-electron chi connectivity index (χ0n) is 16.2. The normalized spacial score (nSPS) is 28.7. The number of esters is 1. The summed E-state index contributed by atoms with van der Waals surface area (Å²) >= 11 is 0. The van der Waals surface area contributed by atoms with Gasteiger partial charge in [0.1, 0.15) is 12.2 Å². The molecular formula is C21H27NO5.